The van der Waals surface area contributed by atoms with Gasteiger partial charge in [0.25, 0.3) is 0 Å². The number of hydrogen-bond acceptors (Lipinski definition) is 3. The number of carbonyl (C=O) groups excluding carboxylic acids is 1. The zero-order chi connectivity index (χ0) is 10.6. The summed E-state index contributed by atoms with van der Waals surface area (Å²) in [7, 11) is 1.17. The average Bonchev–Trinajstić information content (AvgIpc) is 2.18. The number of methoxy groups -OCH3 is 1. The van der Waals surface area contributed by atoms with Crippen molar-refractivity contribution in [1.29, 1.82) is 0 Å². The Labute approximate surface area is 80.4 Å². The first-order valence-corrected chi connectivity index (χ1v) is 3.88. The summed E-state index contributed by atoms with van der Waals surface area (Å²) in [5.74, 6) is -1.77. The van der Waals surface area contributed by atoms with Crippen LogP contribution in [-0.2, 0) is 9.53 Å². The molecule has 0 saturated heterocycles. The van der Waals surface area contributed by atoms with Crippen LogP contribution in [0.2, 0.25) is 0 Å². The number of hydrogen-bond donors (Lipinski definition) is 1. The van der Waals surface area contributed by atoms with E-state index >= 15 is 0 Å². The van der Waals surface area contributed by atoms with Crippen molar-refractivity contribution in [2.24, 2.45) is 0 Å². The minimum absolute atomic E-state index is 0.0297. The smallest absolute Gasteiger partial charge is 0.334 e. The molecule has 0 aliphatic heterocycles. The van der Waals surface area contributed by atoms with Gasteiger partial charge >= 0.3 is 5.97 Å². The summed E-state index contributed by atoms with van der Waals surface area (Å²) >= 11 is 0. The van der Waals surface area contributed by atoms with E-state index in [0.717, 1.165) is 6.08 Å². The van der Waals surface area contributed by atoms with Crippen LogP contribution in [0.5, 0.6) is 0 Å². The predicted octanol–water partition coefficient (Wildman–Crippen LogP) is 1.90. The molecule has 0 saturated carbocycles. The number of aliphatic hydroxyl groups excluding tert-OH is 1. The molecule has 1 N–H and O–H groups in total. The van der Waals surface area contributed by atoms with Gasteiger partial charge in [-0.15, -0.1) is 0 Å². The lowest BCUT2D eigenvalue weighted by Gasteiger charge is -2.00. The van der Waals surface area contributed by atoms with E-state index in [1.165, 1.54) is 25.3 Å². The van der Waals surface area contributed by atoms with Crippen LogP contribution in [0, 0.1) is 5.82 Å². The van der Waals surface area contributed by atoms with E-state index in [0.29, 0.717) is 0 Å². The van der Waals surface area contributed by atoms with Crippen molar-refractivity contribution in [2.75, 3.05) is 7.11 Å². The molecule has 0 unspecified atom stereocenters. The van der Waals surface area contributed by atoms with Gasteiger partial charge in [0.2, 0.25) is 0 Å². The topological polar surface area (TPSA) is 46.5 Å². The van der Waals surface area contributed by atoms with E-state index in [9.17, 15) is 14.3 Å². The van der Waals surface area contributed by atoms with Gasteiger partial charge in [0.15, 0.2) is 0 Å². The molecule has 74 valence electrons. The minimum Gasteiger partial charge on any atom is -0.507 e. The molecule has 0 atom stereocenters. The Morgan fingerprint density at radius 1 is 1.50 bits per heavy atom. The van der Waals surface area contributed by atoms with Crippen molar-refractivity contribution in [1.82, 2.24) is 0 Å². The molecule has 0 aliphatic carbocycles. The quantitative estimate of drug-likeness (QED) is 0.446. The summed E-state index contributed by atoms with van der Waals surface area (Å²) in [6, 6.07) is 5.60. The number of aliphatic hydroxyl groups is 1. The normalized spacial score (nSPS) is 11.1. The second kappa shape index (κ2) is 4.41. The van der Waals surface area contributed by atoms with Crippen molar-refractivity contribution < 1.29 is 19.0 Å². The SMILES string of the molecule is COC(=O)C=C(O)c1ccccc1F. The third-order valence-corrected chi connectivity index (χ3v) is 1.61. The van der Waals surface area contributed by atoms with Crippen LogP contribution < -0.4 is 0 Å². The van der Waals surface area contributed by atoms with E-state index in [1.807, 2.05) is 0 Å². The summed E-state index contributed by atoms with van der Waals surface area (Å²) in [5, 5.41) is 9.32. The van der Waals surface area contributed by atoms with Crippen LogP contribution >= 0.6 is 0 Å². The average molecular weight is 196 g/mol. The van der Waals surface area contributed by atoms with Gasteiger partial charge in [-0.25, -0.2) is 9.18 Å². The highest BCUT2D eigenvalue weighted by Gasteiger charge is 2.07. The number of benzene rings is 1. The first kappa shape index (κ1) is 10.2. The molecule has 0 spiro atoms. The number of ether oxygens (including phenoxy) is 1. The maximum absolute atomic E-state index is 13.0. The molecule has 1 aromatic carbocycles. The lowest BCUT2D eigenvalue weighted by Crippen LogP contribution is -1.97. The Hall–Kier alpha value is -1.84. The van der Waals surface area contributed by atoms with Crippen molar-refractivity contribution in [3.8, 4) is 0 Å². The largest absolute Gasteiger partial charge is 0.507 e. The molecule has 0 heterocycles. The van der Waals surface area contributed by atoms with E-state index in [1.54, 1.807) is 6.07 Å². The second-order valence-electron chi connectivity index (χ2n) is 2.53. The lowest BCUT2D eigenvalue weighted by atomic mass is 10.1. The van der Waals surface area contributed by atoms with Crippen LogP contribution in [0.15, 0.2) is 30.3 Å². The van der Waals surface area contributed by atoms with Gasteiger partial charge < -0.3 is 9.84 Å². The van der Waals surface area contributed by atoms with Gasteiger partial charge in [-0.2, -0.15) is 0 Å². The molecule has 0 radical (unpaired) electrons. The first-order chi connectivity index (χ1) is 6.65. The van der Waals surface area contributed by atoms with Gasteiger partial charge in [-0.3, -0.25) is 0 Å². The summed E-state index contributed by atoms with van der Waals surface area (Å²) < 4.78 is 17.3. The standard InChI is InChI=1S/C10H9FO3/c1-14-10(13)6-9(12)7-4-2-3-5-8(7)11/h2-6,12H,1H3. The van der Waals surface area contributed by atoms with E-state index < -0.39 is 17.5 Å². The fraction of sp³-hybridized carbons (Fsp3) is 0.100. The van der Waals surface area contributed by atoms with E-state index in [4.69, 9.17) is 0 Å². The third-order valence-electron chi connectivity index (χ3n) is 1.61. The lowest BCUT2D eigenvalue weighted by molar-refractivity contribution is -0.134. The molecule has 14 heavy (non-hydrogen) atoms. The van der Waals surface area contributed by atoms with Crippen LogP contribution in [0.4, 0.5) is 4.39 Å². The fourth-order valence-corrected chi connectivity index (χ4v) is 0.917. The third kappa shape index (κ3) is 2.32. The Balaban J connectivity index is 3.00. The highest BCUT2D eigenvalue weighted by atomic mass is 19.1. The zero-order valence-corrected chi connectivity index (χ0v) is 7.53. The van der Waals surface area contributed by atoms with Crippen molar-refractivity contribution in [3.05, 3.63) is 41.7 Å². The molecule has 1 rings (SSSR count). The van der Waals surface area contributed by atoms with Gasteiger partial charge in [0, 0.05) is 0 Å². The fourth-order valence-electron chi connectivity index (χ4n) is 0.917. The van der Waals surface area contributed by atoms with Crippen molar-refractivity contribution in [2.45, 2.75) is 0 Å². The second-order valence-corrected chi connectivity index (χ2v) is 2.53. The number of rotatable bonds is 2. The molecule has 3 nitrogen and oxygen atoms in total. The highest BCUT2D eigenvalue weighted by Crippen LogP contribution is 2.14. The molecule has 0 fully saturated rings. The van der Waals surface area contributed by atoms with Crippen LogP contribution in [0.3, 0.4) is 0 Å². The molecule has 0 bridgehead atoms. The van der Waals surface area contributed by atoms with Crippen LogP contribution in [0.1, 0.15) is 5.56 Å². The Bertz CT molecular complexity index is 371. The summed E-state index contributed by atoms with van der Waals surface area (Å²) in [5.41, 5.74) is -0.0297. The zero-order valence-electron chi connectivity index (χ0n) is 7.53. The highest BCUT2D eigenvalue weighted by molar-refractivity contribution is 5.89. The van der Waals surface area contributed by atoms with Gasteiger partial charge in [-0.1, -0.05) is 12.1 Å². The Kier molecular flexibility index (Phi) is 3.23. The maximum Gasteiger partial charge on any atom is 0.334 e. The van der Waals surface area contributed by atoms with Crippen LogP contribution in [0.25, 0.3) is 5.76 Å². The molecule has 0 amide bonds. The first-order valence-electron chi connectivity index (χ1n) is 3.88. The van der Waals surface area contributed by atoms with Gasteiger partial charge in [-0.05, 0) is 12.1 Å². The number of esters is 1. The summed E-state index contributed by atoms with van der Waals surface area (Å²) in [6.07, 6.45) is 0.818. The summed E-state index contributed by atoms with van der Waals surface area (Å²) in [4.78, 5) is 10.7. The molecular formula is C10H9FO3. The molecule has 0 aliphatic rings. The monoisotopic (exact) mass is 196 g/mol. The molecular weight excluding hydrogens is 187 g/mol. The Morgan fingerprint density at radius 3 is 2.71 bits per heavy atom. The predicted molar refractivity (Wildman–Crippen MR) is 49.0 cm³/mol. The summed E-state index contributed by atoms with van der Waals surface area (Å²) in [6.45, 7) is 0. The molecule has 1 aromatic rings. The molecule has 0 aromatic heterocycles. The van der Waals surface area contributed by atoms with E-state index in [2.05, 4.69) is 4.74 Å². The number of carbonyl (C=O) groups is 1. The van der Waals surface area contributed by atoms with Gasteiger partial charge in [0.05, 0.1) is 18.7 Å². The number of halogens is 1. The molecule has 4 heteroatoms. The Morgan fingerprint density at radius 2 is 2.14 bits per heavy atom. The van der Waals surface area contributed by atoms with E-state index in [-0.39, 0.29) is 5.56 Å². The maximum atomic E-state index is 13.0. The van der Waals surface area contributed by atoms with Crippen LogP contribution in [-0.4, -0.2) is 18.2 Å². The van der Waals surface area contributed by atoms with Crippen molar-refractivity contribution in [3.63, 3.8) is 0 Å². The van der Waals surface area contributed by atoms with Crippen molar-refractivity contribution >= 4 is 11.7 Å². The minimum atomic E-state index is -0.731. The van der Waals surface area contributed by atoms with Gasteiger partial charge in [0.1, 0.15) is 11.6 Å².